The fourth-order valence-corrected chi connectivity index (χ4v) is 7.98. The van der Waals surface area contributed by atoms with Crippen LogP contribution in [0.3, 0.4) is 0 Å². The standard InChI is InChI=1S/C53H63NO11/c1-38-46(58-33-40-21-9-3-10-22-40)48(60-35-42-25-13-5-14-26-42)45(55)51(63-38)65-50-49(61-36-43-27-15-6-16-28-43)47(59-34-41-23-11-4-12-24-41)39(2)64-52(50)57-32-20-8-19-31-54-53(56)62-37-44-29-17-7-18-30-44/h3-7,9-18,21-30,38-39,45-52,55H,8,19-20,31-37H2,1-2H3,(H,54,56)/t38-,39-,45+,46-,47-,48-,49+,50+,51-,52+/m0/s1. The molecule has 0 bridgehead atoms. The van der Waals surface area contributed by atoms with Crippen LogP contribution in [0.2, 0.25) is 0 Å². The molecule has 5 aromatic carbocycles. The lowest BCUT2D eigenvalue weighted by molar-refractivity contribution is -0.373. The Bertz CT molecular complexity index is 2070. The Morgan fingerprint density at radius 3 is 1.35 bits per heavy atom. The number of benzene rings is 5. The van der Waals surface area contributed by atoms with Gasteiger partial charge < -0.3 is 53.1 Å². The number of ether oxygens (including phenoxy) is 9. The molecule has 2 aliphatic heterocycles. The Balaban J connectivity index is 1.07. The van der Waals surface area contributed by atoms with Gasteiger partial charge in [-0.3, -0.25) is 0 Å². The third-order valence-electron chi connectivity index (χ3n) is 11.5. The van der Waals surface area contributed by atoms with E-state index in [0.717, 1.165) is 40.7 Å². The summed E-state index contributed by atoms with van der Waals surface area (Å²) in [6.45, 7) is 5.97. The quantitative estimate of drug-likeness (QED) is 0.0611. The zero-order valence-corrected chi connectivity index (χ0v) is 37.3. The van der Waals surface area contributed by atoms with E-state index in [1.807, 2.05) is 166 Å². The predicted molar refractivity (Wildman–Crippen MR) is 244 cm³/mol. The Morgan fingerprint density at radius 2 is 0.877 bits per heavy atom. The number of alkyl carbamates (subject to hydrolysis) is 1. The number of amides is 1. The number of carbonyl (C=O) groups is 1. The van der Waals surface area contributed by atoms with Gasteiger partial charge in [0.25, 0.3) is 0 Å². The van der Waals surface area contributed by atoms with Crippen LogP contribution in [0, 0.1) is 0 Å². The topological polar surface area (TPSA) is 132 Å². The summed E-state index contributed by atoms with van der Waals surface area (Å²) in [5.74, 6) is 0. The van der Waals surface area contributed by atoms with E-state index in [1.165, 1.54) is 0 Å². The number of aliphatic hydroxyl groups excluding tert-OH is 1. The molecule has 0 radical (unpaired) electrons. The van der Waals surface area contributed by atoms with Crippen LogP contribution in [0.1, 0.15) is 60.9 Å². The van der Waals surface area contributed by atoms with Crippen molar-refractivity contribution in [1.82, 2.24) is 5.32 Å². The minimum absolute atomic E-state index is 0.212. The number of aliphatic hydroxyl groups is 1. The zero-order valence-electron chi connectivity index (χ0n) is 37.3. The molecule has 0 aliphatic carbocycles. The number of hydrogen-bond acceptors (Lipinski definition) is 11. The molecule has 0 spiro atoms. The molecule has 0 aromatic heterocycles. The first-order valence-electron chi connectivity index (χ1n) is 22.7. The zero-order chi connectivity index (χ0) is 45.1. The molecule has 0 saturated carbocycles. The second-order valence-electron chi connectivity index (χ2n) is 16.5. The number of carbonyl (C=O) groups excluding carboxylic acids is 1. The van der Waals surface area contributed by atoms with Gasteiger partial charge >= 0.3 is 6.09 Å². The monoisotopic (exact) mass is 889 g/mol. The van der Waals surface area contributed by atoms with Crippen molar-refractivity contribution in [3.8, 4) is 0 Å². The maximum absolute atomic E-state index is 12.3. The lowest BCUT2D eigenvalue weighted by Crippen LogP contribution is -2.64. The Labute approximate surface area is 383 Å². The van der Waals surface area contributed by atoms with Crippen molar-refractivity contribution in [2.45, 2.75) is 128 Å². The average Bonchev–Trinajstić information content (AvgIpc) is 3.34. The summed E-state index contributed by atoms with van der Waals surface area (Å²) in [4.78, 5) is 12.3. The van der Waals surface area contributed by atoms with Crippen LogP contribution >= 0.6 is 0 Å². The van der Waals surface area contributed by atoms with E-state index in [1.54, 1.807) is 0 Å². The summed E-state index contributed by atoms with van der Waals surface area (Å²) in [7, 11) is 0. The van der Waals surface area contributed by atoms with Gasteiger partial charge in [-0.15, -0.1) is 0 Å². The molecule has 0 unspecified atom stereocenters. The molecule has 7 rings (SSSR count). The number of nitrogens with one attached hydrogen (secondary N) is 1. The summed E-state index contributed by atoms with van der Waals surface area (Å²) in [6, 6.07) is 49.1. The predicted octanol–water partition coefficient (Wildman–Crippen LogP) is 8.68. The largest absolute Gasteiger partial charge is 0.445 e. The normalized spacial score (nSPS) is 25.5. The average molecular weight is 890 g/mol. The summed E-state index contributed by atoms with van der Waals surface area (Å²) < 4.78 is 58.4. The first kappa shape index (κ1) is 48.0. The van der Waals surface area contributed by atoms with Crippen LogP contribution in [0.15, 0.2) is 152 Å². The van der Waals surface area contributed by atoms with Crippen LogP contribution in [0.25, 0.3) is 0 Å². The van der Waals surface area contributed by atoms with Crippen LogP contribution in [-0.4, -0.2) is 85.8 Å². The second-order valence-corrected chi connectivity index (χ2v) is 16.5. The minimum Gasteiger partial charge on any atom is -0.445 e. The molecular weight excluding hydrogens is 827 g/mol. The van der Waals surface area contributed by atoms with E-state index in [-0.39, 0.29) is 19.8 Å². The molecule has 2 aliphatic rings. The molecular formula is C53H63NO11. The van der Waals surface area contributed by atoms with Gasteiger partial charge in [-0.2, -0.15) is 0 Å². The SMILES string of the molecule is C[C@@H]1O[C@@H](OCCCCCNC(=O)OCc2ccccc2)[C@H](O[C@@H]2O[C@@H](C)[C@H](OCc3ccccc3)[C@@H](OCc3ccccc3)[C@H]2O)[C@H](OCc2ccccc2)[C@H]1OCc1ccccc1. The Hall–Kier alpha value is -4.99. The fourth-order valence-electron chi connectivity index (χ4n) is 7.98. The molecule has 2 N–H and O–H groups in total. The van der Waals surface area contributed by atoms with Gasteiger partial charge in [-0.25, -0.2) is 4.79 Å². The van der Waals surface area contributed by atoms with E-state index in [2.05, 4.69) is 5.32 Å². The Kier molecular flexibility index (Phi) is 18.9. The van der Waals surface area contributed by atoms with Crippen molar-refractivity contribution in [3.63, 3.8) is 0 Å². The first-order valence-corrected chi connectivity index (χ1v) is 22.7. The summed E-state index contributed by atoms with van der Waals surface area (Å²) >= 11 is 0. The molecule has 2 saturated heterocycles. The highest BCUT2D eigenvalue weighted by atomic mass is 16.8. The van der Waals surface area contributed by atoms with Crippen molar-refractivity contribution in [3.05, 3.63) is 179 Å². The molecule has 10 atom stereocenters. The summed E-state index contributed by atoms with van der Waals surface area (Å²) in [5.41, 5.74) is 4.83. The van der Waals surface area contributed by atoms with Crippen molar-refractivity contribution < 1.29 is 52.5 Å². The summed E-state index contributed by atoms with van der Waals surface area (Å²) in [6.07, 6.45) is -6.36. The van der Waals surface area contributed by atoms with E-state index in [9.17, 15) is 9.90 Å². The minimum atomic E-state index is -1.28. The highest BCUT2D eigenvalue weighted by Crippen LogP contribution is 2.35. The van der Waals surface area contributed by atoms with Gasteiger partial charge in [0.05, 0.1) is 38.6 Å². The lowest BCUT2D eigenvalue weighted by atomic mass is 9.97. The molecule has 12 nitrogen and oxygen atoms in total. The van der Waals surface area contributed by atoms with E-state index >= 15 is 0 Å². The molecule has 5 aromatic rings. The van der Waals surface area contributed by atoms with Crippen LogP contribution in [-0.2, 0) is 75.7 Å². The number of hydrogen-bond donors (Lipinski definition) is 2. The van der Waals surface area contributed by atoms with Gasteiger partial charge in [0.2, 0.25) is 0 Å². The van der Waals surface area contributed by atoms with E-state index in [0.29, 0.717) is 32.8 Å². The van der Waals surface area contributed by atoms with Crippen LogP contribution in [0.5, 0.6) is 0 Å². The van der Waals surface area contributed by atoms with Crippen LogP contribution in [0.4, 0.5) is 4.79 Å². The van der Waals surface area contributed by atoms with Crippen molar-refractivity contribution in [2.24, 2.45) is 0 Å². The van der Waals surface area contributed by atoms with Gasteiger partial charge in [-0.1, -0.05) is 152 Å². The maximum atomic E-state index is 12.3. The van der Waals surface area contributed by atoms with Gasteiger partial charge in [0, 0.05) is 13.2 Å². The van der Waals surface area contributed by atoms with Gasteiger partial charge in [0.1, 0.15) is 43.2 Å². The maximum Gasteiger partial charge on any atom is 0.407 e. The highest BCUT2D eigenvalue weighted by molar-refractivity contribution is 5.67. The van der Waals surface area contributed by atoms with E-state index in [4.69, 9.17) is 42.6 Å². The smallest absolute Gasteiger partial charge is 0.407 e. The molecule has 1 amide bonds. The van der Waals surface area contributed by atoms with Gasteiger partial charge in [-0.05, 0) is 60.9 Å². The van der Waals surface area contributed by atoms with Crippen molar-refractivity contribution in [2.75, 3.05) is 13.2 Å². The van der Waals surface area contributed by atoms with Crippen molar-refractivity contribution >= 4 is 6.09 Å². The van der Waals surface area contributed by atoms with Crippen LogP contribution < -0.4 is 5.32 Å². The molecule has 12 heteroatoms. The van der Waals surface area contributed by atoms with E-state index < -0.39 is 67.5 Å². The molecule has 346 valence electrons. The fraction of sp³-hybridized carbons (Fsp3) is 0.415. The van der Waals surface area contributed by atoms with Gasteiger partial charge in [0.15, 0.2) is 12.6 Å². The highest BCUT2D eigenvalue weighted by Gasteiger charge is 2.52. The number of unbranched alkanes of at least 4 members (excludes halogenated alkanes) is 2. The molecule has 2 heterocycles. The molecule has 65 heavy (non-hydrogen) atoms. The summed E-state index contributed by atoms with van der Waals surface area (Å²) in [5, 5.41) is 15.1. The second kappa shape index (κ2) is 25.6. The third-order valence-corrected chi connectivity index (χ3v) is 11.5. The first-order chi connectivity index (χ1) is 31.9. The Morgan fingerprint density at radius 1 is 0.477 bits per heavy atom. The lowest BCUT2D eigenvalue weighted by Gasteiger charge is -2.48. The van der Waals surface area contributed by atoms with Crippen molar-refractivity contribution in [1.29, 1.82) is 0 Å². The molecule has 2 fully saturated rings. The number of rotatable bonds is 23. The third kappa shape index (κ3) is 14.8.